The van der Waals surface area contributed by atoms with Crippen LogP contribution in [-0.2, 0) is 13.1 Å². The van der Waals surface area contributed by atoms with Gasteiger partial charge in [0.2, 0.25) is 0 Å². The molecule has 1 atom stereocenters. The number of hydrogen-bond acceptors (Lipinski definition) is 1. The highest BCUT2D eigenvalue weighted by atomic mass is 28.3. The quantitative estimate of drug-likeness (QED) is 0.226. The molecule has 1 nitrogen and oxygen atoms in total. The van der Waals surface area contributed by atoms with Crippen molar-refractivity contribution in [1.82, 2.24) is 4.90 Å². The second-order valence-electron chi connectivity index (χ2n) is 10.6. The van der Waals surface area contributed by atoms with Gasteiger partial charge in [-0.3, -0.25) is 4.90 Å². The highest BCUT2D eigenvalue weighted by Gasteiger charge is 2.41. The molecule has 0 aliphatic heterocycles. The number of nitrogens with zero attached hydrogens (tertiary/aromatic N) is 1. The van der Waals surface area contributed by atoms with E-state index in [-0.39, 0.29) is 6.04 Å². The summed E-state index contributed by atoms with van der Waals surface area (Å²) in [5.41, 5.74) is 9.32. The van der Waals surface area contributed by atoms with Crippen LogP contribution < -0.4 is 0 Å². The van der Waals surface area contributed by atoms with Gasteiger partial charge in [-0.15, -0.1) is 5.54 Å². The van der Waals surface area contributed by atoms with Crippen molar-refractivity contribution in [2.75, 3.05) is 0 Å². The lowest BCUT2D eigenvalue weighted by molar-refractivity contribution is 0.253. The number of benzene rings is 3. The van der Waals surface area contributed by atoms with Gasteiger partial charge in [0.15, 0.2) is 0 Å². The van der Waals surface area contributed by atoms with E-state index in [1.165, 1.54) is 11.1 Å². The summed E-state index contributed by atoms with van der Waals surface area (Å²) in [4.78, 5) is 2.44. The number of rotatable bonds is 8. The highest BCUT2D eigenvalue weighted by Crippen LogP contribution is 2.40. The maximum atomic E-state index is 3.96. The summed E-state index contributed by atoms with van der Waals surface area (Å²) in [7, 11) is -1.88. The molecule has 0 amide bonds. The molecule has 0 N–H and O–H groups in total. The average Bonchev–Trinajstić information content (AvgIpc) is 2.87. The Morgan fingerprint density at radius 2 is 1.00 bits per heavy atom. The molecule has 186 valence electrons. The van der Waals surface area contributed by atoms with Crippen LogP contribution >= 0.6 is 0 Å². The van der Waals surface area contributed by atoms with Crippen LogP contribution in [0.3, 0.4) is 0 Å². The molecule has 0 aliphatic carbocycles. The molecule has 0 bridgehead atoms. The Hall–Kier alpha value is -3.04. The van der Waals surface area contributed by atoms with Gasteiger partial charge in [-0.05, 0) is 39.9 Å². The predicted molar refractivity (Wildman–Crippen MR) is 158 cm³/mol. The zero-order valence-electron chi connectivity index (χ0n) is 22.8. The Bertz CT molecular complexity index is 1110. The minimum atomic E-state index is -1.88. The van der Waals surface area contributed by atoms with Crippen molar-refractivity contribution in [3.8, 4) is 23.3 Å². The van der Waals surface area contributed by atoms with E-state index in [1.807, 2.05) is 18.2 Å². The molecule has 0 spiro atoms. The van der Waals surface area contributed by atoms with Crippen LogP contribution in [0.4, 0.5) is 0 Å². The molecule has 3 rings (SSSR count). The summed E-state index contributed by atoms with van der Waals surface area (Å²) in [6, 6.07) is 31.5. The monoisotopic (exact) mass is 491 g/mol. The van der Waals surface area contributed by atoms with Crippen molar-refractivity contribution in [2.24, 2.45) is 0 Å². The van der Waals surface area contributed by atoms with Gasteiger partial charge in [0, 0.05) is 18.7 Å². The lowest BCUT2D eigenvalue weighted by Gasteiger charge is -2.38. The zero-order chi connectivity index (χ0) is 26.0. The Morgan fingerprint density at radius 3 is 1.42 bits per heavy atom. The molecular formula is C34H41NSi. The topological polar surface area (TPSA) is 3.24 Å². The van der Waals surface area contributed by atoms with Gasteiger partial charge >= 0.3 is 0 Å². The fraction of sp³-hybridized carbons (Fsp3) is 0.353. The average molecular weight is 492 g/mol. The van der Waals surface area contributed by atoms with E-state index in [1.54, 1.807) is 0 Å². The van der Waals surface area contributed by atoms with Crippen molar-refractivity contribution < 1.29 is 0 Å². The number of hydrogen-bond donors (Lipinski definition) is 0. The van der Waals surface area contributed by atoms with Gasteiger partial charge in [-0.1, -0.05) is 138 Å². The molecule has 0 aliphatic rings. The van der Waals surface area contributed by atoms with Crippen molar-refractivity contribution in [3.05, 3.63) is 108 Å². The SMILES string of the molecule is CC(C)[Si](C#C[C@H](C#Cc1ccccc1)N(Cc1ccccc1)Cc1ccccc1)(C(C)C)C(C)C. The van der Waals surface area contributed by atoms with Gasteiger partial charge in [0.25, 0.3) is 0 Å². The maximum absolute atomic E-state index is 3.96. The van der Waals surface area contributed by atoms with E-state index in [9.17, 15) is 0 Å². The summed E-state index contributed by atoms with van der Waals surface area (Å²) in [5, 5.41) is 0. The minimum absolute atomic E-state index is 0.159. The molecule has 0 heterocycles. The van der Waals surface area contributed by atoms with Crippen molar-refractivity contribution >= 4 is 8.07 Å². The summed E-state index contributed by atoms with van der Waals surface area (Å²) in [6.07, 6.45) is 0. The standard InChI is InChI=1S/C34H41NSi/c1-28(2)36(29(3)4,30(5)6)25-24-34(23-22-31-16-10-7-11-17-31)35(26-32-18-12-8-13-19-32)27-33-20-14-9-15-21-33/h7-21,28-30,34H,26-27H2,1-6H3/t34-/m0/s1. The Labute approximate surface area is 221 Å². The molecule has 36 heavy (non-hydrogen) atoms. The zero-order valence-corrected chi connectivity index (χ0v) is 23.8. The van der Waals surface area contributed by atoms with Gasteiger partial charge in [0.05, 0.1) is 0 Å². The Morgan fingerprint density at radius 1 is 0.583 bits per heavy atom. The fourth-order valence-corrected chi connectivity index (χ4v) is 10.6. The first-order chi connectivity index (χ1) is 17.3. The van der Waals surface area contributed by atoms with Crippen LogP contribution in [0.5, 0.6) is 0 Å². The molecular weight excluding hydrogens is 450 g/mol. The van der Waals surface area contributed by atoms with E-state index in [0.717, 1.165) is 18.7 Å². The third-order valence-electron chi connectivity index (χ3n) is 7.24. The van der Waals surface area contributed by atoms with Crippen LogP contribution in [0.2, 0.25) is 16.6 Å². The molecule has 0 saturated heterocycles. The summed E-state index contributed by atoms with van der Waals surface area (Å²) in [5.74, 6) is 10.8. The van der Waals surface area contributed by atoms with E-state index in [0.29, 0.717) is 16.6 Å². The molecule has 2 heteroatoms. The molecule has 3 aromatic rings. The molecule has 0 saturated carbocycles. The molecule has 0 radical (unpaired) electrons. The van der Waals surface area contributed by atoms with Crippen molar-refractivity contribution in [1.29, 1.82) is 0 Å². The van der Waals surface area contributed by atoms with Crippen molar-refractivity contribution in [2.45, 2.75) is 77.3 Å². The van der Waals surface area contributed by atoms with Crippen LogP contribution in [0.25, 0.3) is 0 Å². The summed E-state index contributed by atoms with van der Waals surface area (Å²) in [6.45, 7) is 15.8. The third kappa shape index (κ3) is 7.24. The third-order valence-corrected chi connectivity index (χ3v) is 13.5. The Kier molecular flexibility index (Phi) is 10.2. The molecule has 0 aromatic heterocycles. The molecule has 0 fully saturated rings. The predicted octanol–water partition coefficient (Wildman–Crippen LogP) is 8.33. The maximum Gasteiger partial charge on any atom is 0.146 e. The lowest BCUT2D eigenvalue weighted by Crippen LogP contribution is -2.44. The van der Waals surface area contributed by atoms with Crippen LogP contribution in [0.1, 0.15) is 58.2 Å². The smallest absolute Gasteiger partial charge is 0.146 e. The summed E-state index contributed by atoms with van der Waals surface area (Å²) >= 11 is 0. The normalized spacial score (nSPS) is 12.3. The van der Waals surface area contributed by atoms with Crippen molar-refractivity contribution in [3.63, 3.8) is 0 Å². The molecule has 3 aromatic carbocycles. The second-order valence-corrected chi connectivity index (χ2v) is 16.2. The first kappa shape index (κ1) is 27.5. The largest absolute Gasteiger partial charge is 0.271 e. The molecule has 0 unspecified atom stereocenters. The highest BCUT2D eigenvalue weighted by molar-refractivity contribution is 6.90. The van der Waals surface area contributed by atoms with Crippen LogP contribution in [0.15, 0.2) is 91.0 Å². The summed E-state index contributed by atoms with van der Waals surface area (Å²) < 4.78 is 0. The fourth-order valence-electron chi connectivity index (χ4n) is 5.39. The van der Waals surface area contributed by atoms with Crippen LogP contribution in [-0.4, -0.2) is 19.0 Å². The minimum Gasteiger partial charge on any atom is -0.271 e. The van der Waals surface area contributed by atoms with E-state index < -0.39 is 8.07 Å². The van der Waals surface area contributed by atoms with Gasteiger partial charge < -0.3 is 0 Å². The van der Waals surface area contributed by atoms with E-state index >= 15 is 0 Å². The van der Waals surface area contributed by atoms with E-state index in [2.05, 4.69) is 143 Å². The first-order valence-electron chi connectivity index (χ1n) is 13.2. The second kappa shape index (κ2) is 13.3. The van der Waals surface area contributed by atoms with Gasteiger partial charge in [-0.25, -0.2) is 0 Å². The van der Waals surface area contributed by atoms with Gasteiger partial charge in [-0.2, -0.15) is 0 Å². The van der Waals surface area contributed by atoms with Gasteiger partial charge in [0.1, 0.15) is 14.1 Å². The van der Waals surface area contributed by atoms with E-state index in [4.69, 9.17) is 0 Å². The lowest BCUT2D eigenvalue weighted by atomic mass is 10.1. The Balaban J connectivity index is 2.11. The van der Waals surface area contributed by atoms with Crippen LogP contribution in [0, 0.1) is 23.3 Å². The first-order valence-corrected chi connectivity index (χ1v) is 15.5.